The zero-order valence-electron chi connectivity index (χ0n) is 13.6. The SMILES string of the molecule is I.NC(=NCC1CCCOC1c1ccccc1)Nc1ccccc1. The first-order valence-corrected chi connectivity index (χ1v) is 8.11. The van der Waals surface area contributed by atoms with E-state index in [1.54, 1.807) is 0 Å². The number of nitrogens with two attached hydrogens (primary N) is 1. The lowest BCUT2D eigenvalue weighted by Crippen LogP contribution is -2.28. The molecule has 0 saturated carbocycles. The van der Waals surface area contributed by atoms with Gasteiger partial charge in [0.25, 0.3) is 0 Å². The number of hydrogen-bond acceptors (Lipinski definition) is 2. The molecule has 1 saturated heterocycles. The van der Waals surface area contributed by atoms with Crippen LogP contribution >= 0.6 is 24.0 Å². The van der Waals surface area contributed by atoms with Gasteiger partial charge in [-0.1, -0.05) is 48.5 Å². The molecule has 0 bridgehead atoms. The van der Waals surface area contributed by atoms with E-state index in [0.29, 0.717) is 18.4 Å². The average Bonchev–Trinajstić information content (AvgIpc) is 2.62. The Bertz CT molecular complexity index is 634. The van der Waals surface area contributed by atoms with Crippen molar-refractivity contribution in [1.82, 2.24) is 0 Å². The van der Waals surface area contributed by atoms with Crippen molar-refractivity contribution in [1.29, 1.82) is 0 Å². The molecule has 1 fully saturated rings. The molecule has 4 nitrogen and oxygen atoms in total. The third kappa shape index (κ3) is 5.21. The number of benzene rings is 2. The zero-order valence-corrected chi connectivity index (χ0v) is 15.9. The minimum Gasteiger partial charge on any atom is -0.373 e. The summed E-state index contributed by atoms with van der Waals surface area (Å²) >= 11 is 0. The van der Waals surface area contributed by atoms with Gasteiger partial charge in [0, 0.05) is 24.8 Å². The van der Waals surface area contributed by atoms with E-state index in [-0.39, 0.29) is 30.1 Å². The minimum absolute atomic E-state index is 0. The van der Waals surface area contributed by atoms with Crippen LogP contribution < -0.4 is 11.1 Å². The summed E-state index contributed by atoms with van der Waals surface area (Å²) in [6.45, 7) is 1.49. The Hall–Kier alpha value is -1.60. The number of para-hydroxylation sites is 1. The number of guanidine groups is 1. The number of hydrogen-bond donors (Lipinski definition) is 2. The smallest absolute Gasteiger partial charge is 0.193 e. The van der Waals surface area contributed by atoms with E-state index in [0.717, 1.165) is 25.1 Å². The molecule has 128 valence electrons. The Balaban J connectivity index is 0.00000208. The fraction of sp³-hybridized carbons (Fsp3) is 0.316. The van der Waals surface area contributed by atoms with Crippen LogP contribution in [0.1, 0.15) is 24.5 Å². The summed E-state index contributed by atoms with van der Waals surface area (Å²) in [5.41, 5.74) is 8.18. The van der Waals surface area contributed by atoms with Gasteiger partial charge >= 0.3 is 0 Å². The molecular weight excluding hydrogens is 413 g/mol. The first-order valence-electron chi connectivity index (χ1n) is 8.11. The van der Waals surface area contributed by atoms with Crippen molar-refractivity contribution in [3.8, 4) is 0 Å². The van der Waals surface area contributed by atoms with Crippen molar-refractivity contribution < 1.29 is 4.74 Å². The molecule has 0 spiro atoms. The number of anilines is 1. The van der Waals surface area contributed by atoms with Gasteiger partial charge in [0.15, 0.2) is 5.96 Å². The third-order valence-corrected chi connectivity index (χ3v) is 4.12. The van der Waals surface area contributed by atoms with Crippen LogP contribution in [0.4, 0.5) is 5.69 Å². The summed E-state index contributed by atoms with van der Waals surface area (Å²) in [6, 6.07) is 20.2. The lowest BCUT2D eigenvalue weighted by molar-refractivity contribution is -0.0249. The van der Waals surface area contributed by atoms with Crippen molar-refractivity contribution >= 4 is 35.6 Å². The fourth-order valence-corrected chi connectivity index (χ4v) is 2.97. The van der Waals surface area contributed by atoms with Gasteiger partial charge in [0.05, 0.1) is 6.10 Å². The topological polar surface area (TPSA) is 59.6 Å². The van der Waals surface area contributed by atoms with Gasteiger partial charge in [-0.2, -0.15) is 0 Å². The highest BCUT2D eigenvalue weighted by Gasteiger charge is 2.27. The Morgan fingerprint density at radius 1 is 1.08 bits per heavy atom. The molecule has 24 heavy (non-hydrogen) atoms. The van der Waals surface area contributed by atoms with E-state index in [1.807, 2.05) is 36.4 Å². The van der Waals surface area contributed by atoms with E-state index in [9.17, 15) is 0 Å². The predicted molar refractivity (Wildman–Crippen MR) is 110 cm³/mol. The van der Waals surface area contributed by atoms with Crippen LogP contribution in [-0.2, 0) is 4.74 Å². The highest BCUT2D eigenvalue weighted by Crippen LogP contribution is 2.33. The fourth-order valence-electron chi connectivity index (χ4n) is 2.97. The monoisotopic (exact) mass is 437 g/mol. The first-order chi connectivity index (χ1) is 11.3. The Labute approximate surface area is 160 Å². The van der Waals surface area contributed by atoms with Gasteiger partial charge in [-0.25, -0.2) is 0 Å². The Kier molecular flexibility index (Phi) is 7.52. The van der Waals surface area contributed by atoms with E-state index >= 15 is 0 Å². The molecule has 2 aromatic carbocycles. The molecular formula is C19H24IN3O. The first kappa shape index (κ1) is 18.7. The van der Waals surface area contributed by atoms with E-state index < -0.39 is 0 Å². The van der Waals surface area contributed by atoms with E-state index in [4.69, 9.17) is 10.5 Å². The van der Waals surface area contributed by atoms with Gasteiger partial charge in [-0.3, -0.25) is 4.99 Å². The standard InChI is InChI=1S/C19H23N3O.HI/c20-19(22-17-11-5-2-6-12-17)21-14-16-10-7-13-23-18(16)15-8-3-1-4-9-15;/h1-6,8-9,11-12,16,18H,7,10,13-14H2,(H3,20,21,22);1H. The molecule has 0 amide bonds. The number of rotatable bonds is 4. The van der Waals surface area contributed by atoms with Crippen LogP contribution in [0.5, 0.6) is 0 Å². The van der Waals surface area contributed by atoms with Crippen molar-refractivity contribution in [2.24, 2.45) is 16.6 Å². The summed E-state index contributed by atoms with van der Waals surface area (Å²) in [7, 11) is 0. The van der Waals surface area contributed by atoms with Gasteiger partial charge in [-0.15, -0.1) is 24.0 Å². The minimum atomic E-state index is 0. The molecule has 3 N–H and O–H groups in total. The van der Waals surface area contributed by atoms with Crippen LogP contribution in [-0.4, -0.2) is 19.1 Å². The van der Waals surface area contributed by atoms with Crippen molar-refractivity contribution in [3.05, 3.63) is 66.2 Å². The summed E-state index contributed by atoms with van der Waals surface area (Å²) < 4.78 is 6.00. The predicted octanol–water partition coefficient (Wildman–Crippen LogP) is 4.20. The number of halogens is 1. The van der Waals surface area contributed by atoms with Crippen molar-refractivity contribution in [3.63, 3.8) is 0 Å². The number of aliphatic imine (C=N–C) groups is 1. The molecule has 0 aromatic heterocycles. The maximum Gasteiger partial charge on any atom is 0.193 e. The van der Waals surface area contributed by atoms with Crippen LogP contribution in [0.2, 0.25) is 0 Å². The third-order valence-electron chi connectivity index (χ3n) is 4.12. The van der Waals surface area contributed by atoms with Gasteiger partial charge < -0.3 is 15.8 Å². The number of nitrogens with one attached hydrogen (secondary N) is 1. The molecule has 2 atom stereocenters. The second kappa shape index (κ2) is 9.64. The summed E-state index contributed by atoms with van der Waals surface area (Å²) in [5.74, 6) is 0.816. The molecule has 2 aromatic rings. The second-order valence-corrected chi connectivity index (χ2v) is 5.82. The maximum absolute atomic E-state index is 6.01. The van der Waals surface area contributed by atoms with Gasteiger partial charge in [0.2, 0.25) is 0 Å². The molecule has 1 heterocycles. The summed E-state index contributed by atoms with van der Waals surface area (Å²) in [6.07, 6.45) is 2.30. The second-order valence-electron chi connectivity index (χ2n) is 5.82. The zero-order chi connectivity index (χ0) is 15.9. The van der Waals surface area contributed by atoms with Gasteiger partial charge in [0.1, 0.15) is 0 Å². The largest absolute Gasteiger partial charge is 0.373 e. The highest BCUT2D eigenvalue weighted by atomic mass is 127. The highest BCUT2D eigenvalue weighted by molar-refractivity contribution is 14.0. The quantitative estimate of drug-likeness (QED) is 0.428. The Morgan fingerprint density at radius 3 is 2.46 bits per heavy atom. The van der Waals surface area contributed by atoms with Gasteiger partial charge in [-0.05, 0) is 30.5 Å². The molecule has 0 radical (unpaired) electrons. The average molecular weight is 437 g/mol. The number of ether oxygens (including phenoxy) is 1. The lowest BCUT2D eigenvalue weighted by atomic mass is 9.89. The summed E-state index contributed by atoms with van der Waals surface area (Å²) in [5, 5.41) is 3.12. The van der Waals surface area contributed by atoms with Crippen molar-refractivity contribution in [2.75, 3.05) is 18.5 Å². The molecule has 1 aliphatic rings. The molecule has 2 unspecified atom stereocenters. The van der Waals surface area contributed by atoms with Crippen LogP contribution in [0, 0.1) is 5.92 Å². The number of nitrogens with zero attached hydrogens (tertiary/aromatic N) is 1. The summed E-state index contributed by atoms with van der Waals surface area (Å²) in [4.78, 5) is 4.52. The van der Waals surface area contributed by atoms with E-state index in [1.165, 1.54) is 5.56 Å². The lowest BCUT2D eigenvalue weighted by Gasteiger charge is -2.31. The maximum atomic E-state index is 6.01. The van der Waals surface area contributed by atoms with Crippen LogP contribution in [0.3, 0.4) is 0 Å². The normalized spacial score (nSPS) is 20.9. The molecule has 5 heteroatoms. The van der Waals surface area contributed by atoms with Crippen LogP contribution in [0.25, 0.3) is 0 Å². The Morgan fingerprint density at radius 2 is 1.75 bits per heavy atom. The molecule has 3 rings (SSSR count). The molecule has 1 aliphatic heterocycles. The molecule has 0 aliphatic carbocycles. The van der Waals surface area contributed by atoms with Crippen LogP contribution in [0.15, 0.2) is 65.7 Å². The van der Waals surface area contributed by atoms with Crippen molar-refractivity contribution in [2.45, 2.75) is 18.9 Å². The van der Waals surface area contributed by atoms with E-state index in [2.05, 4.69) is 34.6 Å².